The van der Waals surface area contributed by atoms with Gasteiger partial charge in [0, 0.05) is 18.0 Å². The molecular weight excluding hydrogens is 278 g/mol. The van der Waals surface area contributed by atoms with Crippen LogP contribution in [0.1, 0.15) is 26.6 Å². The summed E-state index contributed by atoms with van der Waals surface area (Å²) in [7, 11) is 0. The summed E-state index contributed by atoms with van der Waals surface area (Å²) >= 11 is 5.91. The van der Waals surface area contributed by atoms with Crippen molar-refractivity contribution in [3.63, 3.8) is 0 Å². The maximum absolute atomic E-state index is 11.5. The molecule has 20 heavy (non-hydrogen) atoms. The molecule has 0 radical (unpaired) electrons. The first-order valence-corrected chi connectivity index (χ1v) is 6.82. The number of hydrogen-bond donors (Lipinski definition) is 2. The van der Waals surface area contributed by atoms with E-state index in [1.54, 1.807) is 6.07 Å². The molecule has 0 aliphatic rings. The molecule has 2 rings (SSSR count). The fourth-order valence-corrected chi connectivity index (χ4v) is 1.92. The van der Waals surface area contributed by atoms with Gasteiger partial charge in [0.25, 0.3) is 0 Å². The van der Waals surface area contributed by atoms with Crippen molar-refractivity contribution in [3.05, 3.63) is 29.0 Å². The Balaban J connectivity index is 1.88. The monoisotopic (exact) mass is 295 g/mol. The average Bonchev–Trinajstić information content (AvgIpc) is 2.68. The quantitative estimate of drug-likeness (QED) is 0.913. The number of aromatic nitrogens is 2. The van der Waals surface area contributed by atoms with Crippen molar-refractivity contribution in [1.82, 2.24) is 15.3 Å². The van der Waals surface area contributed by atoms with E-state index in [2.05, 4.69) is 15.3 Å². The minimum atomic E-state index is -0.486. The number of nitrogens with one attached hydrogen (secondary N) is 2. The zero-order valence-corrected chi connectivity index (χ0v) is 12.5. The number of halogens is 1. The number of benzene rings is 1. The molecule has 0 fully saturated rings. The van der Waals surface area contributed by atoms with E-state index in [4.69, 9.17) is 16.3 Å². The summed E-state index contributed by atoms with van der Waals surface area (Å²) in [5, 5.41) is 3.36. The van der Waals surface area contributed by atoms with E-state index in [-0.39, 0.29) is 0 Å². The van der Waals surface area contributed by atoms with E-state index < -0.39 is 11.7 Å². The van der Waals surface area contributed by atoms with Gasteiger partial charge in [-0.3, -0.25) is 0 Å². The molecule has 0 atom stereocenters. The lowest BCUT2D eigenvalue weighted by Crippen LogP contribution is -2.33. The molecule has 1 aromatic carbocycles. The van der Waals surface area contributed by atoms with Gasteiger partial charge in [0.15, 0.2) is 0 Å². The first kappa shape index (κ1) is 14.7. The number of carbonyl (C=O) groups excluding carboxylic acids is 1. The average molecular weight is 296 g/mol. The lowest BCUT2D eigenvalue weighted by atomic mass is 10.2. The zero-order chi connectivity index (χ0) is 14.8. The second kappa shape index (κ2) is 5.71. The lowest BCUT2D eigenvalue weighted by molar-refractivity contribution is 0.0528. The summed E-state index contributed by atoms with van der Waals surface area (Å²) in [6, 6.07) is 5.49. The Hall–Kier alpha value is -1.75. The van der Waals surface area contributed by atoms with Gasteiger partial charge in [0.2, 0.25) is 0 Å². The highest BCUT2D eigenvalue weighted by molar-refractivity contribution is 6.31. The minimum Gasteiger partial charge on any atom is -0.444 e. The van der Waals surface area contributed by atoms with Crippen LogP contribution < -0.4 is 5.32 Å². The smallest absolute Gasteiger partial charge is 0.407 e. The predicted octanol–water partition coefficient (Wildman–Crippen LogP) is 3.28. The first-order valence-electron chi connectivity index (χ1n) is 6.44. The predicted molar refractivity (Wildman–Crippen MR) is 79.0 cm³/mol. The van der Waals surface area contributed by atoms with Crippen LogP contribution in [0.4, 0.5) is 4.79 Å². The molecule has 2 N–H and O–H groups in total. The van der Waals surface area contributed by atoms with Crippen molar-refractivity contribution in [2.45, 2.75) is 32.8 Å². The van der Waals surface area contributed by atoms with Crippen LogP contribution in [0.5, 0.6) is 0 Å². The fourth-order valence-electron chi connectivity index (χ4n) is 1.75. The lowest BCUT2D eigenvalue weighted by Gasteiger charge is -2.19. The third kappa shape index (κ3) is 4.13. The summed E-state index contributed by atoms with van der Waals surface area (Å²) in [6.45, 7) is 5.95. The second-order valence-corrected chi connectivity index (χ2v) is 5.96. The molecular formula is C14H18ClN3O2. The highest BCUT2D eigenvalue weighted by Gasteiger charge is 2.15. The molecule has 0 unspecified atom stereocenters. The molecule has 0 saturated carbocycles. The van der Waals surface area contributed by atoms with Crippen LogP contribution in [0.2, 0.25) is 5.02 Å². The van der Waals surface area contributed by atoms with E-state index >= 15 is 0 Å². The molecule has 0 aliphatic carbocycles. The normalized spacial score (nSPS) is 11.6. The molecule has 5 nitrogen and oxygen atoms in total. The Labute approximate surface area is 122 Å². The highest BCUT2D eigenvalue weighted by atomic mass is 35.5. The summed E-state index contributed by atoms with van der Waals surface area (Å²) in [5.74, 6) is 0.804. The summed E-state index contributed by atoms with van der Waals surface area (Å²) < 4.78 is 5.15. The SMILES string of the molecule is CC(C)(C)OC(=O)NCCc1nc2ccc(Cl)cc2[nH]1. The van der Waals surface area contributed by atoms with Gasteiger partial charge < -0.3 is 15.0 Å². The van der Waals surface area contributed by atoms with E-state index in [1.165, 1.54) is 0 Å². The second-order valence-electron chi connectivity index (χ2n) is 5.52. The molecule has 1 amide bonds. The number of fused-ring (bicyclic) bond motifs is 1. The Morgan fingerprint density at radius 1 is 1.45 bits per heavy atom. The fraction of sp³-hybridized carbons (Fsp3) is 0.429. The topological polar surface area (TPSA) is 67.0 Å². The number of ether oxygens (including phenoxy) is 1. The number of rotatable bonds is 3. The maximum Gasteiger partial charge on any atom is 0.407 e. The van der Waals surface area contributed by atoms with Crippen LogP contribution in [0, 0.1) is 0 Å². The molecule has 1 aromatic heterocycles. The van der Waals surface area contributed by atoms with E-state index in [9.17, 15) is 4.79 Å². The number of alkyl carbamates (subject to hydrolysis) is 1. The molecule has 2 aromatic rings. The highest BCUT2D eigenvalue weighted by Crippen LogP contribution is 2.17. The van der Waals surface area contributed by atoms with Gasteiger partial charge in [0.1, 0.15) is 11.4 Å². The number of carbonyl (C=O) groups is 1. The van der Waals surface area contributed by atoms with E-state index in [0.717, 1.165) is 16.9 Å². The zero-order valence-electron chi connectivity index (χ0n) is 11.8. The molecule has 108 valence electrons. The third-order valence-corrected chi connectivity index (χ3v) is 2.76. The molecule has 0 spiro atoms. The van der Waals surface area contributed by atoms with Gasteiger partial charge >= 0.3 is 6.09 Å². The van der Waals surface area contributed by atoms with Crippen molar-refractivity contribution >= 4 is 28.7 Å². The van der Waals surface area contributed by atoms with Crippen LogP contribution in [-0.2, 0) is 11.2 Å². The van der Waals surface area contributed by atoms with Gasteiger partial charge in [-0.05, 0) is 39.0 Å². The van der Waals surface area contributed by atoms with Gasteiger partial charge in [0.05, 0.1) is 11.0 Å². The summed E-state index contributed by atoms with van der Waals surface area (Å²) in [4.78, 5) is 19.1. The Morgan fingerprint density at radius 3 is 2.90 bits per heavy atom. The van der Waals surface area contributed by atoms with Crippen LogP contribution >= 0.6 is 11.6 Å². The number of aromatic amines is 1. The Kier molecular flexibility index (Phi) is 4.18. The van der Waals surface area contributed by atoms with Crippen molar-refractivity contribution in [2.24, 2.45) is 0 Å². The first-order chi connectivity index (χ1) is 9.33. The number of amides is 1. The minimum absolute atomic E-state index is 0.420. The van der Waals surface area contributed by atoms with Crippen molar-refractivity contribution in [3.8, 4) is 0 Å². The van der Waals surface area contributed by atoms with Crippen LogP contribution in [0.15, 0.2) is 18.2 Å². The van der Waals surface area contributed by atoms with Gasteiger partial charge in [-0.15, -0.1) is 0 Å². The summed E-state index contributed by atoms with van der Waals surface area (Å²) in [5.41, 5.74) is 1.27. The number of nitrogens with zero attached hydrogens (tertiary/aromatic N) is 1. The van der Waals surface area contributed by atoms with Gasteiger partial charge in [-0.25, -0.2) is 9.78 Å². The standard InChI is InChI=1S/C14H18ClN3O2/c1-14(2,3)20-13(19)16-7-6-12-17-10-5-4-9(15)8-11(10)18-12/h4-5,8H,6-7H2,1-3H3,(H,16,19)(H,17,18). The van der Waals surface area contributed by atoms with Gasteiger partial charge in [-0.1, -0.05) is 11.6 Å². The Morgan fingerprint density at radius 2 is 2.20 bits per heavy atom. The third-order valence-electron chi connectivity index (χ3n) is 2.52. The van der Waals surface area contributed by atoms with Crippen LogP contribution in [0.25, 0.3) is 11.0 Å². The van der Waals surface area contributed by atoms with Crippen LogP contribution in [-0.4, -0.2) is 28.2 Å². The van der Waals surface area contributed by atoms with E-state index in [1.807, 2.05) is 32.9 Å². The van der Waals surface area contributed by atoms with Crippen molar-refractivity contribution < 1.29 is 9.53 Å². The van der Waals surface area contributed by atoms with Crippen molar-refractivity contribution in [2.75, 3.05) is 6.54 Å². The van der Waals surface area contributed by atoms with E-state index in [0.29, 0.717) is 18.0 Å². The molecule has 0 saturated heterocycles. The Bertz CT molecular complexity index is 616. The van der Waals surface area contributed by atoms with Crippen LogP contribution in [0.3, 0.4) is 0 Å². The summed E-state index contributed by atoms with van der Waals surface area (Å²) in [6.07, 6.45) is 0.183. The number of hydrogen-bond acceptors (Lipinski definition) is 3. The largest absolute Gasteiger partial charge is 0.444 e. The number of imidazole rings is 1. The maximum atomic E-state index is 11.5. The number of H-pyrrole nitrogens is 1. The molecule has 6 heteroatoms. The van der Waals surface area contributed by atoms with Crippen molar-refractivity contribution in [1.29, 1.82) is 0 Å². The molecule has 1 heterocycles. The molecule has 0 bridgehead atoms. The van der Waals surface area contributed by atoms with Gasteiger partial charge in [-0.2, -0.15) is 0 Å². The molecule has 0 aliphatic heterocycles.